The lowest BCUT2D eigenvalue weighted by atomic mass is 9.77. The van der Waals surface area contributed by atoms with Gasteiger partial charge in [0.15, 0.2) is 0 Å². The molecule has 1 fully saturated rings. The van der Waals surface area contributed by atoms with Crippen molar-refractivity contribution in [1.29, 1.82) is 0 Å². The molecule has 6 heteroatoms. The van der Waals surface area contributed by atoms with Crippen LogP contribution in [0.2, 0.25) is 0 Å². The third kappa shape index (κ3) is 3.19. The molecule has 5 rings (SSSR count). The van der Waals surface area contributed by atoms with Crippen LogP contribution in [-0.2, 0) is 11.3 Å². The zero-order valence-corrected chi connectivity index (χ0v) is 20.0. The number of amides is 2. The molecule has 0 saturated heterocycles. The molecule has 2 amide bonds. The van der Waals surface area contributed by atoms with Crippen LogP contribution in [-0.4, -0.2) is 28.0 Å². The van der Waals surface area contributed by atoms with Crippen LogP contribution in [0.25, 0.3) is 10.2 Å². The number of rotatable bonds is 3. The van der Waals surface area contributed by atoms with E-state index in [0.29, 0.717) is 24.1 Å². The van der Waals surface area contributed by atoms with Crippen molar-refractivity contribution in [1.82, 2.24) is 9.88 Å². The summed E-state index contributed by atoms with van der Waals surface area (Å²) in [5.41, 5.74) is 2.45. The number of fused-ring (bicyclic) bond motifs is 3. The van der Waals surface area contributed by atoms with E-state index in [9.17, 15) is 9.59 Å². The largest absolute Gasteiger partial charge is 0.351 e. The maximum Gasteiger partial charge on any atom is 0.275 e. The Hall–Kier alpha value is -2.60. The Labute approximate surface area is 193 Å². The summed E-state index contributed by atoms with van der Waals surface area (Å²) in [5, 5.41) is 5.41. The number of nitrogens with one attached hydrogen (secondary N) is 1. The summed E-state index contributed by atoms with van der Waals surface area (Å²) in [6.07, 6.45) is 3.33. The highest BCUT2D eigenvalue weighted by atomic mass is 32.1. The van der Waals surface area contributed by atoms with E-state index in [4.69, 9.17) is 0 Å². The second-order valence-electron chi connectivity index (χ2n) is 9.83. The van der Waals surface area contributed by atoms with Gasteiger partial charge in [0.1, 0.15) is 11.2 Å². The van der Waals surface area contributed by atoms with Crippen LogP contribution in [0.15, 0.2) is 41.8 Å². The van der Waals surface area contributed by atoms with Crippen LogP contribution in [0.5, 0.6) is 0 Å². The zero-order chi connectivity index (χ0) is 22.6. The molecular weight excluding hydrogens is 418 g/mol. The van der Waals surface area contributed by atoms with E-state index >= 15 is 0 Å². The van der Waals surface area contributed by atoms with Crippen LogP contribution in [0.4, 0.5) is 5.69 Å². The van der Waals surface area contributed by atoms with E-state index in [1.54, 1.807) is 16.2 Å². The number of para-hydroxylation sites is 1. The first kappa shape index (κ1) is 21.3. The molecule has 3 aromatic rings. The lowest BCUT2D eigenvalue weighted by Crippen LogP contribution is -2.66. The van der Waals surface area contributed by atoms with Crippen molar-refractivity contribution in [3.63, 3.8) is 0 Å². The van der Waals surface area contributed by atoms with Gasteiger partial charge in [0.25, 0.3) is 5.91 Å². The molecule has 0 bridgehead atoms. The summed E-state index contributed by atoms with van der Waals surface area (Å²) in [6.45, 7) is 8.86. The molecule has 1 aromatic carbocycles. The quantitative estimate of drug-likeness (QED) is 0.584. The molecule has 0 unspecified atom stereocenters. The Morgan fingerprint density at radius 2 is 1.97 bits per heavy atom. The number of nitrogens with zero attached hydrogens (tertiary/aromatic N) is 2. The lowest BCUT2D eigenvalue weighted by Gasteiger charge is -2.46. The number of anilines is 1. The number of carbonyl (C=O) groups excluding carboxylic acids is 2. The molecule has 4 atom stereocenters. The summed E-state index contributed by atoms with van der Waals surface area (Å²) in [6, 6.07) is 12.0. The second-order valence-corrected chi connectivity index (χ2v) is 10.8. The highest BCUT2D eigenvalue weighted by Gasteiger charge is 2.49. The summed E-state index contributed by atoms with van der Waals surface area (Å²) in [7, 11) is 0. The maximum atomic E-state index is 14.0. The number of hydrogen-bond acceptors (Lipinski definition) is 3. The van der Waals surface area contributed by atoms with E-state index in [2.05, 4.69) is 19.2 Å². The van der Waals surface area contributed by atoms with Crippen LogP contribution >= 0.6 is 11.3 Å². The Kier molecular flexibility index (Phi) is 5.16. The van der Waals surface area contributed by atoms with Gasteiger partial charge in [0.05, 0.1) is 16.8 Å². The van der Waals surface area contributed by atoms with Crippen molar-refractivity contribution in [3.8, 4) is 0 Å². The monoisotopic (exact) mass is 449 g/mol. The van der Waals surface area contributed by atoms with E-state index in [1.165, 1.54) is 6.42 Å². The van der Waals surface area contributed by atoms with Gasteiger partial charge < -0.3 is 9.88 Å². The molecule has 1 saturated carbocycles. The van der Waals surface area contributed by atoms with Gasteiger partial charge in [0.2, 0.25) is 5.91 Å². The number of benzene rings is 1. The van der Waals surface area contributed by atoms with Crippen LogP contribution in [0.3, 0.4) is 0 Å². The molecule has 0 spiro atoms. The van der Waals surface area contributed by atoms with Gasteiger partial charge in [-0.3, -0.25) is 14.5 Å². The van der Waals surface area contributed by atoms with Gasteiger partial charge in [-0.05, 0) is 61.2 Å². The SMILES string of the molecule is Cc1ccccc1N1C(=O)c2cc3sccc3n2C[C@]1(C)C(=O)N[C@@H]1CCC[C@H](C)[C@@H]1C. The van der Waals surface area contributed by atoms with Crippen LogP contribution in [0.1, 0.15) is 56.1 Å². The zero-order valence-electron chi connectivity index (χ0n) is 19.2. The smallest absolute Gasteiger partial charge is 0.275 e. The Balaban J connectivity index is 1.60. The van der Waals surface area contributed by atoms with E-state index < -0.39 is 5.54 Å². The van der Waals surface area contributed by atoms with Gasteiger partial charge in [-0.25, -0.2) is 0 Å². The number of carbonyl (C=O) groups is 2. The van der Waals surface area contributed by atoms with Gasteiger partial charge in [-0.1, -0.05) is 44.9 Å². The fraction of sp³-hybridized carbons (Fsp3) is 0.462. The average molecular weight is 450 g/mol. The van der Waals surface area contributed by atoms with Crippen molar-refractivity contribution in [2.75, 3.05) is 4.90 Å². The van der Waals surface area contributed by atoms with Crippen LogP contribution in [0, 0.1) is 18.8 Å². The predicted molar refractivity (Wildman–Crippen MR) is 130 cm³/mol. The van der Waals surface area contributed by atoms with E-state index in [-0.39, 0.29) is 17.9 Å². The van der Waals surface area contributed by atoms with E-state index in [1.807, 2.05) is 60.2 Å². The summed E-state index contributed by atoms with van der Waals surface area (Å²) in [4.78, 5) is 29.6. The van der Waals surface area contributed by atoms with E-state index in [0.717, 1.165) is 34.3 Å². The predicted octanol–water partition coefficient (Wildman–Crippen LogP) is 5.37. The van der Waals surface area contributed by atoms with Crippen molar-refractivity contribution in [2.24, 2.45) is 11.8 Å². The average Bonchev–Trinajstić information content (AvgIpc) is 3.35. The van der Waals surface area contributed by atoms with Gasteiger partial charge >= 0.3 is 0 Å². The molecule has 2 aromatic heterocycles. The molecule has 3 heterocycles. The van der Waals surface area contributed by atoms with Crippen molar-refractivity contribution >= 4 is 39.1 Å². The topological polar surface area (TPSA) is 54.3 Å². The molecule has 1 aliphatic carbocycles. The Morgan fingerprint density at radius 1 is 1.19 bits per heavy atom. The fourth-order valence-electron chi connectivity index (χ4n) is 5.51. The molecule has 1 aliphatic heterocycles. The minimum Gasteiger partial charge on any atom is -0.351 e. The first-order chi connectivity index (χ1) is 15.3. The first-order valence-electron chi connectivity index (χ1n) is 11.6. The number of thiophene rings is 1. The Bertz CT molecular complexity index is 1190. The number of aromatic nitrogens is 1. The molecular formula is C26H31N3O2S. The third-order valence-electron chi connectivity index (χ3n) is 7.77. The van der Waals surface area contributed by atoms with Gasteiger partial charge in [-0.2, -0.15) is 0 Å². The van der Waals surface area contributed by atoms with Crippen molar-refractivity contribution in [2.45, 2.75) is 65.1 Å². The van der Waals surface area contributed by atoms with Crippen molar-refractivity contribution in [3.05, 3.63) is 53.0 Å². The second kappa shape index (κ2) is 7.77. The third-order valence-corrected chi connectivity index (χ3v) is 8.63. The highest BCUT2D eigenvalue weighted by molar-refractivity contribution is 7.17. The molecule has 32 heavy (non-hydrogen) atoms. The number of aryl methyl sites for hydroxylation is 1. The van der Waals surface area contributed by atoms with Gasteiger partial charge in [-0.15, -0.1) is 11.3 Å². The minimum absolute atomic E-state index is 0.0669. The highest BCUT2D eigenvalue weighted by Crippen LogP contribution is 2.39. The van der Waals surface area contributed by atoms with Gasteiger partial charge in [0, 0.05) is 11.7 Å². The fourth-order valence-corrected chi connectivity index (χ4v) is 6.34. The maximum absolute atomic E-state index is 14.0. The first-order valence-corrected chi connectivity index (χ1v) is 12.5. The Morgan fingerprint density at radius 3 is 2.75 bits per heavy atom. The molecule has 5 nitrogen and oxygen atoms in total. The summed E-state index contributed by atoms with van der Waals surface area (Å²) < 4.78 is 3.12. The number of hydrogen-bond donors (Lipinski definition) is 1. The molecule has 168 valence electrons. The molecule has 2 aliphatic rings. The molecule has 1 N–H and O–H groups in total. The minimum atomic E-state index is -1.02. The summed E-state index contributed by atoms with van der Waals surface area (Å²) >= 11 is 1.63. The standard InChI is InChI=1S/C26H31N3O2S/c1-16-9-7-10-19(18(16)3)27-25(31)26(4)15-28-21-12-13-32-23(21)14-22(28)24(30)29(26)20-11-6-5-8-17(20)2/h5-6,8,11-14,16,18-19H,7,9-10,15H2,1-4H3,(H,27,31)/t16-,18-,19+,26+/m0/s1. The van der Waals surface area contributed by atoms with Crippen molar-refractivity contribution < 1.29 is 9.59 Å². The summed E-state index contributed by atoms with van der Waals surface area (Å²) in [5.74, 6) is 0.830. The molecule has 0 radical (unpaired) electrons. The normalized spacial score (nSPS) is 28.1. The van der Waals surface area contributed by atoms with Crippen LogP contribution < -0.4 is 10.2 Å². The lowest BCUT2D eigenvalue weighted by molar-refractivity contribution is -0.128.